The minimum Gasteiger partial charge on any atom is -0.349 e. The lowest BCUT2D eigenvalue weighted by atomic mass is 9.91. The zero-order valence-electron chi connectivity index (χ0n) is 16.0. The van der Waals surface area contributed by atoms with Crippen molar-refractivity contribution in [1.82, 2.24) is 10.2 Å². The molecule has 0 saturated heterocycles. The van der Waals surface area contributed by atoms with E-state index in [1.54, 1.807) is 18.2 Å². The Bertz CT molecular complexity index is 768. The molecule has 1 aromatic carbocycles. The van der Waals surface area contributed by atoms with Gasteiger partial charge >= 0.3 is 0 Å². The van der Waals surface area contributed by atoms with Gasteiger partial charge in [-0.2, -0.15) is 0 Å². The molecule has 4 rings (SSSR count). The van der Waals surface area contributed by atoms with Crippen molar-refractivity contribution < 1.29 is 14.4 Å². The Balaban J connectivity index is 0.00000225. The number of rotatable bonds is 3. The molecule has 1 aromatic rings. The van der Waals surface area contributed by atoms with E-state index in [0.29, 0.717) is 16.7 Å². The number of nitrogens with one attached hydrogen (secondary N) is 1. The standard InChI is InChI=1S/C21H27N3O3.ClH/c22-14-7-9-15(10-8-14)23-19(25)13-6-11-17-18(12-13)21(27)24(20(17)26)16-4-2-1-3-5-16;/h6,11-12,14-16H,1-5,7-10,22H2,(H,23,25);1H. The first-order valence-corrected chi connectivity index (χ1v) is 10.1. The number of fused-ring (bicyclic) bond motifs is 1. The molecule has 2 aliphatic carbocycles. The number of hydrogen-bond acceptors (Lipinski definition) is 4. The lowest BCUT2D eigenvalue weighted by Gasteiger charge is -2.29. The highest BCUT2D eigenvalue weighted by Crippen LogP contribution is 2.31. The molecule has 6 nitrogen and oxygen atoms in total. The van der Waals surface area contributed by atoms with Gasteiger partial charge in [0.1, 0.15) is 0 Å². The van der Waals surface area contributed by atoms with E-state index in [9.17, 15) is 14.4 Å². The number of amides is 3. The predicted octanol–water partition coefficient (Wildman–Crippen LogP) is 3.04. The Kier molecular flexibility index (Phi) is 6.40. The lowest BCUT2D eigenvalue weighted by Crippen LogP contribution is -2.41. The van der Waals surface area contributed by atoms with E-state index in [1.165, 1.54) is 4.90 Å². The summed E-state index contributed by atoms with van der Waals surface area (Å²) < 4.78 is 0. The van der Waals surface area contributed by atoms with Crippen molar-refractivity contribution in [1.29, 1.82) is 0 Å². The van der Waals surface area contributed by atoms with Crippen LogP contribution in [-0.2, 0) is 0 Å². The van der Waals surface area contributed by atoms with Crippen LogP contribution < -0.4 is 11.1 Å². The SMILES string of the molecule is Cl.NC1CCC(NC(=O)c2ccc3c(c2)C(=O)N(C2CCCCC2)C3=O)CC1. The van der Waals surface area contributed by atoms with Gasteiger partial charge < -0.3 is 11.1 Å². The monoisotopic (exact) mass is 405 g/mol. The highest BCUT2D eigenvalue weighted by molar-refractivity contribution is 6.22. The number of halogens is 1. The van der Waals surface area contributed by atoms with E-state index in [0.717, 1.165) is 57.8 Å². The number of nitrogens with zero attached hydrogens (tertiary/aromatic N) is 1. The number of imide groups is 1. The molecule has 1 heterocycles. The third-order valence-electron chi connectivity index (χ3n) is 6.23. The summed E-state index contributed by atoms with van der Waals surface area (Å²) in [6.07, 6.45) is 8.61. The quantitative estimate of drug-likeness (QED) is 0.756. The number of nitrogens with two attached hydrogens (primary N) is 1. The second-order valence-corrected chi connectivity index (χ2v) is 8.12. The molecule has 2 fully saturated rings. The third kappa shape index (κ3) is 3.94. The molecule has 0 aromatic heterocycles. The molecule has 3 N–H and O–H groups in total. The van der Waals surface area contributed by atoms with E-state index in [4.69, 9.17) is 5.73 Å². The van der Waals surface area contributed by atoms with Crippen LogP contribution in [0.1, 0.15) is 88.9 Å². The summed E-state index contributed by atoms with van der Waals surface area (Å²) in [6.45, 7) is 0. The lowest BCUT2D eigenvalue weighted by molar-refractivity contribution is 0.0548. The van der Waals surface area contributed by atoms with Crippen molar-refractivity contribution in [3.05, 3.63) is 34.9 Å². The van der Waals surface area contributed by atoms with Crippen LogP contribution in [0, 0.1) is 0 Å². The van der Waals surface area contributed by atoms with E-state index in [2.05, 4.69) is 5.32 Å². The first kappa shape index (κ1) is 20.8. The molecule has 0 radical (unpaired) electrons. The molecule has 3 aliphatic rings. The zero-order chi connectivity index (χ0) is 19.0. The Morgan fingerprint density at radius 2 is 1.57 bits per heavy atom. The van der Waals surface area contributed by atoms with Crippen molar-refractivity contribution in [2.45, 2.75) is 75.9 Å². The van der Waals surface area contributed by atoms with Gasteiger partial charge in [-0.3, -0.25) is 19.3 Å². The van der Waals surface area contributed by atoms with E-state index in [-0.39, 0.29) is 48.3 Å². The van der Waals surface area contributed by atoms with Gasteiger partial charge in [-0.15, -0.1) is 12.4 Å². The van der Waals surface area contributed by atoms with Gasteiger partial charge in [-0.1, -0.05) is 19.3 Å². The van der Waals surface area contributed by atoms with E-state index >= 15 is 0 Å². The topological polar surface area (TPSA) is 92.5 Å². The maximum Gasteiger partial charge on any atom is 0.261 e. The second kappa shape index (κ2) is 8.62. The predicted molar refractivity (Wildman–Crippen MR) is 109 cm³/mol. The first-order chi connectivity index (χ1) is 13.0. The van der Waals surface area contributed by atoms with Gasteiger partial charge in [0, 0.05) is 23.7 Å². The fraction of sp³-hybridized carbons (Fsp3) is 0.571. The van der Waals surface area contributed by atoms with Crippen molar-refractivity contribution in [2.24, 2.45) is 5.73 Å². The Morgan fingerprint density at radius 1 is 0.929 bits per heavy atom. The van der Waals surface area contributed by atoms with Crippen molar-refractivity contribution in [3.63, 3.8) is 0 Å². The Labute approximate surface area is 171 Å². The summed E-state index contributed by atoms with van der Waals surface area (Å²) in [6, 6.07) is 5.22. The summed E-state index contributed by atoms with van der Waals surface area (Å²) in [4.78, 5) is 39.6. The minimum absolute atomic E-state index is 0. The summed E-state index contributed by atoms with van der Waals surface area (Å²) in [5, 5.41) is 3.04. The number of carbonyl (C=O) groups excluding carboxylic acids is 3. The van der Waals surface area contributed by atoms with Crippen LogP contribution in [0.3, 0.4) is 0 Å². The van der Waals surface area contributed by atoms with Gasteiger partial charge in [0.2, 0.25) is 0 Å². The summed E-state index contributed by atoms with van der Waals surface area (Å²) in [5.41, 5.74) is 7.14. The molecule has 152 valence electrons. The van der Waals surface area contributed by atoms with Crippen LogP contribution >= 0.6 is 12.4 Å². The minimum atomic E-state index is -0.250. The van der Waals surface area contributed by atoms with Crippen LogP contribution in [0.5, 0.6) is 0 Å². The maximum absolute atomic E-state index is 12.9. The molecule has 28 heavy (non-hydrogen) atoms. The number of benzene rings is 1. The van der Waals surface area contributed by atoms with Crippen LogP contribution in [0.4, 0.5) is 0 Å². The van der Waals surface area contributed by atoms with Crippen molar-refractivity contribution >= 4 is 30.1 Å². The Morgan fingerprint density at radius 3 is 2.25 bits per heavy atom. The fourth-order valence-electron chi connectivity index (χ4n) is 4.60. The molecule has 0 atom stereocenters. The van der Waals surface area contributed by atoms with Crippen molar-refractivity contribution in [3.8, 4) is 0 Å². The van der Waals surface area contributed by atoms with Crippen molar-refractivity contribution in [2.75, 3.05) is 0 Å². The molecule has 3 amide bonds. The molecule has 2 saturated carbocycles. The Hall–Kier alpha value is -1.92. The van der Waals surface area contributed by atoms with Gasteiger partial charge in [0.05, 0.1) is 11.1 Å². The van der Waals surface area contributed by atoms with E-state index < -0.39 is 0 Å². The molecule has 7 heteroatoms. The third-order valence-corrected chi connectivity index (χ3v) is 6.23. The fourth-order valence-corrected chi connectivity index (χ4v) is 4.60. The van der Waals surface area contributed by atoms with Crippen LogP contribution in [0.25, 0.3) is 0 Å². The van der Waals surface area contributed by atoms with Gasteiger partial charge in [0.25, 0.3) is 17.7 Å². The van der Waals surface area contributed by atoms with Gasteiger partial charge in [-0.25, -0.2) is 0 Å². The summed E-state index contributed by atoms with van der Waals surface area (Å²) >= 11 is 0. The number of carbonyl (C=O) groups is 3. The molecular formula is C21H28ClN3O3. The first-order valence-electron chi connectivity index (χ1n) is 10.1. The molecule has 0 unspecified atom stereocenters. The average molecular weight is 406 g/mol. The van der Waals surface area contributed by atoms with Crippen LogP contribution in [-0.4, -0.2) is 40.7 Å². The molecule has 1 aliphatic heterocycles. The summed E-state index contributed by atoms with van der Waals surface area (Å²) in [7, 11) is 0. The number of hydrogen-bond donors (Lipinski definition) is 2. The molecule has 0 spiro atoms. The maximum atomic E-state index is 12.9. The highest BCUT2D eigenvalue weighted by atomic mass is 35.5. The average Bonchev–Trinajstić information content (AvgIpc) is 2.94. The zero-order valence-corrected chi connectivity index (χ0v) is 16.8. The smallest absolute Gasteiger partial charge is 0.261 e. The van der Waals surface area contributed by atoms with Crippen LogP contribution in [0.2, 0.25) is 0 Å². The molecule has 0 bridgehead atoms. The largest absolute Gasteiger partial charge is 0.349 e. The van der Waals surface area contributed by atoms with Gasteiger partial charge in [0.15, 0.2) is 0 Å². The van der Waals surface area contributed by atoms with Gasteiger partial charge in [-0.05, 0) is 56.7 Å². The molecular weight excluding hydrogens is 378 g/mol. The normalized spacial score (nSPS) is 25.2. The van der Waals surface area contributed by atoms with E-state index in [1.807, 2.05) is 0 Å². The second-order valence-electron chi connectivity index (χ2n) is 8.12. The highest BCUT2D eigenvalue weighted by Gasteiger charge is 2.40. The van der Waals surface area contributed by atoms with Crippen LogP contribution in [0.15, 0.2) is 18.2 Å². The summed E-state index contributed by atoms with van der Waals surface area (Å²) in [5.74, 6) is -0.648.